The first-order valence-electron chi connectivity index (χ1n) is 5.91. The zero-order valence-electron chi connectivity index (χ0n) is 9.19. The van der Waals surface area contributed by atoms with Crippen molar-refractivity contribution in [1.29, 1.82) is 0 Å². The molecule has 0 bridgehead atoms. The normalized spacial score (nSPS) is 27.5. The Labute approximate surface area is 91.6 Å². The molecule has 2 heteroatoms. The van der Waals surface area contributed by atoms with Crippen molar-refractivity contribution in [2.75, 3.05) is 19.6 Å². The molecule has 1 atom stereocenters. The van der Waals surface area contributed by atoms with Crippen LogP contribution in [0.1, 0.15) is 25.7 Å². The van der Waals surface area contributed by atoms with E-state index in [9.17, 15) is 4.79 Å². The maximum atomic E-state index is 10.7. The fraction of sp³-hybridized carbons (Fsp3) is 0.615. The minimum absolute atomic E-state index is 0.270. The first-order chi connectivity index (χ1) is 7.38. The van der Waals surface area contributed by atoms with Crippen LogP contribution in [0.5, 0.6) is 0 Å². The number of piperidine rings is 1. The molecule has 0 N–H and O–H groups in total. The molecule has 1 fully saturated rings. The Bertz CT molecular complexity index is 280. The average Bonchev–Trinajstić information content (AvgIpc) is 2.31. The van der Waals surface area contributed by atoms with Crippen LogP contribution in [0.4, 0.5) is 0 Å². The molecule has 0 radical (unpaired) electrons. The third kappa shape index (κ3) is 3.03. The molecule has 0 aromatic heterocycles. The van der Waals surface area contributed by atoms with Gasteiger partial charge in [0.15, 0.2) is 0 Å². The molecular formula is C13H19NO. The van der Waals surface area contributed by atoms with Gasteiger partial charge in [-0.3, -0.25) is 4.90 Å². The van der Waals surface area contributed by atoms with Crippen LogP contribution in [-0.2, 0) is 4.79 Å². The number of carbonyl (C=O) groups excluding carboxylic acids is 1. The lowest BCUT2D eigenvalue weighted by Crippen LogP contribution is -2.37. The second-order valence-corrected chi connectivity index (χ2v) is 4.53. The molecule has 82 valence electrons. The van der Waals surface area contributed by atoms with Crippen molar-refractivity contribution in [3.8, 4) is 0 Å². The summed E-state index contributed by atoms with van der Waals surface area (Å²) < 4.78 is 0. The third-order valence-electron chi connectivity index (χ3n) is 3.21. The molecule has 2 rings (SSSR count). The molecule has 1 aliphatic heterocycles. The molecule has 2 nitrogen and oxygen atoms in total. The van der Waals surface area contributed by atoms with Gasteiger partial charge < -0.3 is 4.79 Å². The Morgan fingerprint density at radius 1 is 1.47 bits per heavy atom. The first-order valence-corrected chi connectivity index (χ1v) is 5.91. The van der Waals surface area contributed by atoms with Gasteiger partial charge in [0.05, 0.1) is 0 Å². The molecule has 0 aromatic rings. The van der Waals surface area contributed by atoms with Crippen molar-refractivity contribution in [2.45, 2.75) is 25.7 Å². The Balaban J connectivity index is 1.85. The molecule has 0 spiro atoms. The highest BCUT2D eigenvalue weighted by Gasteiger charge is 2.19. The van der Waals surface area contributed by atoms with Crippen molar-refractivity contribution < 1.29 is 4.79 Å². The van der Waals surface area contributed by atoms with Crippen LogP contribution in [0.25, 0.3) is 0 Å². The lowest BCUT2D eigenvalue weighted by atomic mass is 9.98. The largest absolute Gasteiger partial charge is 0.303 e. The number of allylic oxidation sites excluding steroid dienone is 2. The summed E-state index contributed by atoms with van der Waals surface area (Å²) in [6, 6.07) is 0. The number of hydrogen-bond acceptors (Lipinski definition) is 2. The van der Waals surface area contributed by atoms with Crippen LogP contribution >= 0.6 is 0 Å². The monoisotopic (exact) mass is 205 g/mol. The zero-order chi connectivity index (χ0) is 10.5. The van der Waals surface area contributed by atoms with E-state index in [0.717, 1.165) is 32.3 Å². The Kier molecular flexibility index (Phi) is 3.73. The molecule has 1 aliphatic carbocycles. The fourth-order valence-electron chi connectivity index (χ4n) is 2.39. The highest BCUT2D eigenvalue weighted by atomic mass is 16.1. The summed E-state index contributed by atoms with van der Waals surface area (Å²) in [5.41, 5.74) is 1.42. The third-order valence-corrected chi connectivity index (χ3v) is 3.21. The van der Waals surface area contributed by atoms with E-state index in [1.165, 1.54) is 24.8 Å². The molecule has 0 amide bonds. The Morgan fingerprint density at radius 2 is 2.40 bits per heavy atom. The van der Waals surface area contributed by atoms with E-state index in [0.29, 0.717) is 0 Å². The maximum Gasteiger partial charge on any atom is 0.124 e. The van der Waals surface area contributed by atoms with Crippen LogP contribution in [0.3, 0.4) is 0 Å². The summed E-state index contributed by atoms with van der Waals surface area (Å²) in [5.74, 6) is 0.270. The summed E-state index contributed by atoms with van der Waals surface area (Å²) in [7, 11) is 0. The summed E-state index contributed by atoms with van der Waals surface area (Å²) >= 11 is 0. The zero-order valence-corrected chi connectivity index (χ0v) is 9.19. The van der Waals surface area contributed by atoms with E-state index in [1.807, 2.05) is 0 Å². The van der Waals surface area contributed by atoms with E-state index in [4.69, 9.17) is 0 Å². The quantitative estimate of drug-likeness (QED) is 0.658. The lowest BCUT2D eigenvalue weighted by molar-refractivity contribution is -0.112. The molecule has 0 aromatic carbocycles. The van der Waals surface area contributed by atoms with Crippen molar-refractivity contribution in [1.82, 2.24) is 4.90 Å². The predicted octanol–water partition coefficient (Wildman–Crippen LogP) is 2.17. The number of rotatable bonds is 3. The fourth-order valence-corrected chi connectivity index (χ4v) is 2.39. The van der Waals surface area contributed by atoms with Crippen molar-refractivity contribution in [2.24, 2.45) is 5.92 Å². The first kappa shape index (κ1) is 10.6. The average molecular weight is 205 g/mol. The van der Waals surface area contributed by atoms with Gasteiger partial charge in [-0.15, -0.1) is 0 Å². The smallest absolute Gasteiger partial charge is 0.124 e. The van der Waals surface area contributed by atoms with Gasteiger partial charge in [-0.25, -0.2) is 0 Å². The van der Waals surface area contributed by atoms with Crippen LogP contribution in [0.2, 0.25) is 0 Å². The summed E-state index contributed by atoms with van der Waals surface area (Å²) in [5, 5.41) is 0. The van der Waals surface area contributed by atoms with Gasteiger partial charge in [0.25, 0.3) is 0 Å². The van der Waals surface area contributed by atoms with E-state index in [1.54, 1.807) is 0 Å². The van der Waals surface area contributed by atoms with Crippen molar-refractivity contribution >= 4 is 6.29 Å². The number of aldehydes is 1. The second kappa shape index (κ2) is 5.26. The highest BCUT2D eigenvalue weighted by molar-refractivity contribution is 5.54. The molecule has 1 unspecified atom stereocenters. The van der Waals surface area contributed by atoms with Gasteiger partial charge in [-0.2, -0.15) is 0 Å². The van der Waals surface area contributed by atoms with Crippen LogP contribution in [-0.4, -0.2) is 30.8 Å². The van der Waals surface area contributed by atoms with E-state index in [-0.39, 0.29) is 5.92 Å². The summed E-state index contributed by atoms with van der Waals surface area (Å²) in [6.45, 7) is 3.13. The van der Waals surface area contributed by atoms with E-state index < -0.39 is 0 Å². The van der Waals surface area contributed by atoms with Crippen molar-refractivity contribution in [3.63, 3.8) is 0 Å². The Morgan fingerprint density at radius 3 is 3.13 bits per heavy atom. The highest BCUT2D eigenvalue weighted by Crippen LogP contribution is 2.17. The van der Waals surface area contributed by atoms with Crippen LogP contribution in [0, 0.1) is 5.92 Å². The van der Waals surface area contributed by atoms with Gasteiger partial charge in [0.2, 0.25) is 0 Å². The van der Waals surface area contributed by atoms with Gasteiger partial charge in [-0.1, -0.05) is 18.2 Å². The number of carbonyl (C=O) groups is 1. The second-order valence-electron chi connectivity index (χ2n) is 4.53. The minimum atomic E-state index is 0.270. The van der Waals surface area contributed by atoms with Gasteiger partial charge in [0.1, 0.15) is 6.29 Å². The summed E-state index contributed by atoms with van der Waals surface area (Å²) in [6.07, 6.45) is 12.5. The van der Waals surface area contributed by atoms with Crippen molar-refractivity contribution in [3.05, 3.63) is 23.8 Å². The molecule has 15 heavy (non-hydrogen) atoms. The topological polar surface area (TPSA) is 20.3 Å². The van der Waals surface area contributed by atoms with Gasteiger partial charge in [-0.05, 0) is 37.8 Å². The van der Waals surface area contributed by atoms with E-state index >= 15 is 0 Å². The Hall–Kier alpha value is -0.890. The standard InChI is InChI=1S/C13H19NO/c15-11-13-7-4-8-14(10-13)9-12-5-2-1-3-6-12/h2,5-6,11,13H,1,3-4,7-10H2. The van der Waals surface area contributed by atoms with E-state index in [2.05, 4.69) is 23.1 Å². The number of hydrogen-bond donors (Lipinski definition) is 0. The molecule has 1 heterocycles. The molecule has 1 saturated heterocycles. The number of likely N-dealkylation sites (tertiary alicyclic amines) is 1. The van der Waals surface area contributed by atoms with Gasteiger partial charge >= 0.3 is 0 Å². The number of nitrogens with zero attached hydrogens (tertiary/aromatic N) is 1. The van der Waals surface area contributed by atoms with Crippen LogP contribution < -0.4 is 0 Å². The molecule has 2 aliphatic rings. The molecule has 0 saturated carbocycles. The summed E-state index contributed by atoms with van der Waals surface area (Å²) in [4.78, 5) is 13.1. The lowest BCUT2D eigenvalue weighted by Gasteiger charge is -2.30. The molecular weight excluding hydrogens is 186 g/mol. The predicted molar refractivity (Wildman–Crippen MR) is 61.7 cm³/mol. The SMILES string of the molecule is O=CC1CCCN(CC2=CCCC=C2)C1. The van der Waals surface area contributed by atoms with Crippen LogP contribution in [0.15, 0.2) is 23.8 Å². The van der Waals surface area contributed by atoms with Gasteiger partial charge in [0, 0.05) is 19.0 Å². The minimum Gasteiger partial charge on any atom is -0.303 e. The maximum absolute atomic E-state index is 10.7.